The number of phosphoric ester groups is 1. The van der Waals surface area contributed by atoms with Gasteiger partial charge in [-0.05, 0) is 6.92 Å². The molecule has 1 aliphatic rings. The lowest BCUT2D eigenvalue weighted by Gasteiger charge is -2.32. The quantitative estimate of drug-likeness (QED) is 0.191. The summed E-state index contributed by atoms with van der Waals surface area (Å²) in [5, 5.41) is 11.1. The zero-order valence-corrected chi connectivity index (χ0v) is 20.5. The Morgan fingerprint density at radius 2 is 1.89 bits per heavy atom. The zero-order chi connectivity index (χ0) is 26.6. The van der Waals surface area contributed by atoms with Gasteiger partial charge in [-0.15, -0.1) is 0 Å². The number of anilines is 1. The fourth-order valence-corrected chi connectivity index (χ4v) is 6.56. The Balaban J connectivity index is 1.89. The van der Waals surface area contributed by atoms with Crippen LogP contribution >= 0.6 is 23.5 Å². The highest BCUT2D eigenvalue weighted by atomic mass is 31.3. The molecule has 1 saturated heterocycles. The average molecular weight is 567 g/mol. The number of nitrogen functional groups attached to an aromatic ring is 1. The van der Waals surface area contributed by atoms with Gasteiger partial charge < -0.3 is 35.2 Å². The van der Waals surface area contributed by atoms with Crippen molar-refractivity contribution >= 4 is 40.6 Å². The summed E-state index contributed by atoms with van der Waals surface area (Å²) in [7, 11) is -17.0. The van der Waals surface area contributed by atoms with E-state index in [0.29, 0.717) is 0 Å². The second kappa shape index (κ2) is 9.06. The second-order valence-electron chi connectivity index (χ2n) is 7.76. The largest absolute Gasteiger partial charge is 0.490 e. The van der Waals surface area contributed by atoms with Gasteiger partial charge in [-0.2, -0.15) is 13.6 Å². The molecule has 198 valence electrons. The number of ether oxygens (including phenoxy) is 1. The van der Waals surface area contributed by atoms with Crippen molar-refractivity contribution in [2.75, 3.05) is 19.0 Å². The zero-order valence-electron chi connectivity index (χ0n) is 17.8. The van der Waals surface area contributed by atoms with Crippen LogP contribution in [-0.4, -0.2) is 68.7 Å². The molecule has 3 rings (SSSR count). The molecule has 6 atom stereocenters. The van der Waals surface area contributed by atoms with Gasteiger partial charge >= 0.3 is 23.5 Å². The Kier molecular flexibility index (Phi) is 7.24. The van der Waals surface area contributed by atoms with Gasteiger partial charge in [0, 0.05) is 5.92 Å². The van der Waals surface area contributed by atoms with Crippen LogP contribution in [0.4, 0.5) is 10.3 Å². The molecular weight excluding hydrogens is 546 g/mol. The van der Waals surface area contributed by atoms with E-state index in [4.69, 9.17) is 20.3 Å². The van der Waals surface area contributed by atoms with Crippen LogP contribution in [-0.2, 0) is 31.6 Å². The molecule has 8 N–H and O–H groups in total. The number of phosphoric acid groups is 3. The molecule has 22 heteroatoms. The number of imidazole rings is 1. The first-order chi connectivity index (χ1) is 15.8. The molecule has 1 aliphatic heterocycles. The minimum Gasteiger partial charge on any atom is -0.385 e. The molecule has 0 aromatic carbocycles. The molecular formula is C13H21FN5O13P3. The third-order valence-corrected chi connectivity index (χ3v) is 9.11. The number of aliphatic hydroxyl groups is 1. The van der Waals surface area contributed by atoms with Crippen LogP contribution < -0.4 is 11.3 Å². The maximum atomic E-state index is 14.3. The standard InChI is InChI=1S/C13H21FN5O13P3/c1-6-12(2,21)10(19-5-16-7-8(19)17-11(15)18-9(7)20)30-13(6,3-14)4-29-34(25,26)32-35(27,28)31-33(22,23)24/h5-6,10,21H,3-4H2,1-2H3,(H,25,26)(H,27,28)(H2,22,23,24)(H3,15,17,18,20)/t6-,10+,12+,13+/m0/s1. The molecule has 0 aliphatic carbocycles. The van der Waals surface area contributed by atoms with Gasteiger partial charge in [0.25, 0.3) is 5.56 Å². The van der Waals surface area contributed by atoms with Crippen LogP contribution in [0.25, 0.3) is 11.2 Å². The number of aromatic amines is 1. The van der Waals surface area contributed by atoms with Gasteiger partial charge in [-0.3, -0.25) is 18.9 Å². The minimum atomic E-state index is -5.81. The highest BCUT2D eigenvalue weighted by Crippen LogP contribution is 2.66. The van der Waals surface area contributed by atoms with E-state index in [0.717, 1.165) is 10.9 Å². The molecule has 3 heterocycles. The maximum Gasteiger partial charge on any atom is 0.490 e. The molecule has 2 aromatic heterocycles. The van der Waals surface area contributed by atoms with Gasteiger partial charge in [-0.25, -0.2) is 23.1 Å². The number of hydrogen-bond acceptors (Lipinski definition) is 12. The molecule has 1 fully saturated rings. The lowest BCUT2D eigenvalue weighted by Crippen LogP contribution is -2.46. The summed E-state index contributed by atoms with van der Waals surface area (Å²) in [4.78, 5) is 58.2. The number of nitrogens with zero attached hydrogens (tertiary/aromatic N) is 3. The molecule has 35 heavy (non-hydrogen) atoms. The summed E-state index contributed by atoms with van der Waals surface area (Å²) in [6.45, 7) is -0.0657. The molecule has 2 unspecified atom stereocenters. The highest BCUT2D eigenvalue weighted by molar-refractivity contribution is 7.66. The Morgan fingerprint density at radius 3 is 2.46 bits per heavy atom. The number of rotatable bonds is 9. The maximum absolute atomic E-state index is 14.3. The third kappa shape index (κ3) is 5.72. The van der Waals surface area contributed by atoms with Crippen LogP contribution in [0.1, 0.15) is 20.1 Å². The van der Waals surface area contributed by atoms with Gasteiger partial charge in [0.05, 0.1) is 12.9 Å². The van der Waals surface area contributed by atoms with Gasteiger partial charge in [-0.1, -0.05) is 6.92 Å². The van der Waals surface area contributed by atoms with Crippen molar-refractivity contribution in [1.29, 1.82) is 0 Å². The molecule has 2 aromatic rings. The van der Waals surface area contributed by atoms with E-state index in [-0.39, 0.29) is 17.1 Å². The van der Waals surface area contributed by atoms with E-state index in [1.165, 1.54) is 13.8 Å². The number of hydrogen-bond donors (Lipinski definition) is 7. The minimum absolute atomic E-state index is 0.133. The Morgan fingerprint density at radius 1 is 1.26 bits per heavy atom. The molecule has 0 bridgehead atoms. The summed E-state index contributed by atoms with van der Waals surface area (Å²) < 4.78 is 67.1. The molecule has 0 saturated carbocycles. The van der Waals surface area contributed by atoms with E-state index in [9.17, 15) is 37.8 Å². The van der Waals surface area contributed by atoms with Gasteiger partial charge in [0.1, 0.15) is 17.9 Å². The van der Waals surface area contributed by atoms with Crippen LogP contribution in [0.2, 0.25) is 0 Å². The van der Waals surface area contributed by atoms with E-state index >= 15 is 0 Å². The fourth-order valence-electron chi connectivity index (χ4n) is 3.48. The smallest absolute Gasteiger partial charge is 0.385 e. The number of alkyl halides is 1. The molecule has 18 nitrogen and oxygen atoms in total. The summed E-state index contributed by atoms with van der Waals surface area (Å²) >= 11 is 0. The Labute approximate surface area is 194 Å². The number of nitrogens with one attached hydrogen (secondary N) is 1. The van der Waals surface area contributed by atoms with Crippen molar-refractivity contribution in [1.82, 2.24) is 19.5 Å². The Hall–Kier alpha value is -1.59. The predicted octanol–water partition coefficient (Wildman–Crippen LogP) is -0.331. The number of fused-ring (bicyclic) bond motifs is 1. The van der Waals surface area contributed by atoms with Crippen LogP contribution in [0.3, 0.4) is 0 Å². The van der Waals surface area contributed by atoms with Crippen LogP contribution in [0.5, 0.6) is 0 Å². The summed E-state index contributed by atoms with van der Waals surface area (Å²) in [6.07, 6.45) is -0.425. The van der Waals surface area contributed by atoms with Crippen molar-refractivity contribution < 1.29 is 60.6 Å². The lowest BCUT2D eigenvalue weighted by molar-refractivity contribution is -0.130. The second-order valence-corrected chi connectivity index (χ2v) is 12.2. The van der Waals surface area contributed by atoms with Gasteiger partial charge in [0.15, 0.2) is 17.4 Å². The SMILES string of the molecule is C[C@@H]1[C@@](CF)(COP(=O)(O)OP(=O)(O)OP(=O)(O)O)O[C@@H](n2cnc3c(=O)[nH]c(N)nc32)[C@]1(C)O. The number of nitrogens with two attached hydrogens (primary N) is 1. The van der Waals surface area contributed by atoms with Crippen molar-refractivity contribution in [2.45, 2.75) is 31.3 Å². The monoisotopic (exact) mass is 567 g/mol. The topological polar surface area (TPSA) is 279 Å². The van der Waals surface area contributed by atoms with Crippen molar-refractivity contribution in [3.8, 4) is 0 Å². The fraction of sp³-hybridized carbons (Fsp3) is 0.615. The first-order valence-corrected chi connectivity index (χ1v) is 13.8. The summed E-state index contributed by atoms with van der Waals surface area (Å²) in [5.74, 6) is -1.51. The molecule has 0 spiro atoms. The van der Waals surface area contributed by atoms with E-state index in [2.05, 4.69) is 28.1 Å². The number of halogens is 1. The normalized spacial score (nSPS) is 30.9. The van der Waals surface area contributed by atoms with E-state index in [1.807, 2.05) is 0 Å². The van der Waals surface area contributed by atoms with Gasteiger partial charge in [0.2, 0.25) is 5.95 Å². The number of aromatic nitrogens is 4. The van der Waals surface area contributed by atoms with E-state index < -0.39 is 65.7 Å². The van der Waals surface area contributed by atoms with Crippen molar-refractivity contribution in [3.05, 3.63) is 16.7 Å². The van der Waals surface area contributed by atoms with Crippen LogP contribution in [0, 0.1) is 5.92 Å². The molecule has 0 amide bonds. The van der Waals surface area contributed by atoms with Crippen LogP contribution in [0.15, 0.2) is 11.1 Å². The third-order valence-electron chi connectivity index (χ3n) is 5.33. The Bertz CT molecular complexity index is 1330. The van der Waals surface area contributed by atoms with E-state index in [1.54, 1.807) is 0 Å². The lowest BCUT2D eigenvalue weighted by atomic mass is 9.80. The first-order valence-electron chi connectivity index (χ1n) is 9.29. The van der Waals surface area contributed by atoms with Crippen molar-refractivity contribution in [2.24, 2.45) is 5.92 Å². The average Bonchev–Trinajstić information content (AvgIpc) is 3.16. The molecule has 0 radical (unpaired) electrons. The summed E-state index contributed by atoms with van der Waals surface area (Å²) in [6, 6.07) is 0. The van der Waals surface area contributed by atoms with Crippen molar-refractivity contribution in [3.63, 3.8) is 0 Å². The highest BCUT2D eigenvalue weighted by Gasteiger charge is 2.61. The number of H-pyrrole nitrogens is 1. The predicted molar refractivity (Wildman–Crippen MR) is 111 cm³/mol. The first kappa shape index (κ1) is 28.0. The summed E-state index contributed by atoms with van der Waals surface area (Å²) in [5.41, 5.74) is 0.397.